The summed E-state index contributed by atoms with van der Waals surface area (Å²) in [4.78, 5) is 43.2. The molecule has 0 fully saturated rings. The number of fused-ring (bicyclic) bond motifs is 1. The van der Waals surface area contributed by atoms with Crippen molar-refractivity contribution in [1.29, 1.82) is 0 Å². The van der Waals surface area contributed by atoms with Crippen molar-refractivity contribution in [2.45, 2.75) is 31.3 Å². The number of primary amides is 1. The summed E-state index contributed by atoms with van der Waals surface area (Å²) in [5, 5.41) is 3.15. The maximum absolute atomic E-state index is 12.7. The summed E-state index contributed by atoms with van der Waals surface area (Å²) in [5.74, 6) is 0.465. The van der Waals surface area contributed by atoms with Gasteiger partial charge in [-0.25, -0.2) is 4.98 Å². The topological polar surface area (TPSA) is 136 Å². The van der Waals surface area contributed by atoms with E-state index in [0.29, 0.717) is 34.4 Å². The molecular weight excluding hydrogens is 396 g/mol. The van der Waals surface area contributed by atoms with Gasteiger partial charge < -0.3 is 25.5 Å². The van der Waals surface area contributed by atoms with E-state index in [0.717, 1.165) is 5.75 Å². The Bertz CT molecular complexity index is 991. The number of carbonyl (C=O) groups excluding carboxylic acids is 2. The Morgan fingerprint density at radius 1 is 1.28 bits per heavy atom. The number of anilines is 1. The van der Waals surface area contributed by atoms with Gasteiger partial charge in [0.25, 0.3) is 11.5 Å². The molecule has 1 aromatic heterocycles. The summed E-state index contributed by atoms with van der Waals surface area (Å²) in [6.45, 7) is 3.85. The summed E-state index contributed by atoms with van der Waals surface area (Å²) >= 11 is 1.39. The number of thioether (sulfide) groups is 1. The first-order chi connectivity index (χ1) is 13.9. The molecule has 29 heavy (non-hydrogen) atoms. The van der Waals surface area contributed by atoms with Crippen LogP contribution in [0.1, 0.15) is 37.3 Å². The minimum atomic E-state index is -0.604. The highest BCUT2D eigenvalue weighted by Crippen LogP contribution is 2.38. The van der Waals surface area contributed by atoms with E-state index in [9.17, 15) is 14.4 Å². The predicted octanol–water partition coefficient (Wildman–Crippen LogP) is 1.62. The van der Waals surface area contributed by atoms with E-state index in [1.54, 1.807) is 18.2 Å². The average molecular weight is 418 g/mol. The first kappa shape index (κ1) is 20.7. The van der Waals surface area contributed by atoms with E-state index in [-0.39, 0.29) is 30.3 Å². The average Bonchev–Trinajstić information content (AvgIpc) is 2.66. The van der Waals surface area contributed by atoms with Crippen LogP contribution < -0.4 is 26.1 Å². The molecule has 1 aliphatic heterocycles. The number of benzene rings is 1. The molecule has 1 aromatic carbocycles. The zero-order valence-corrected chi connectivity index (χ0v) is 16.9. The van der Waals surface area contributed by atoms with Crippen LogP contribution in [0.5, 0.6) is 11.5 Å². The number of nitrogens with zero attached hydrogens (tertiary/aromatic N) is 1. The second-order valence-electron chi connectivity index (χ2n) is 6.27. The van der Waals surface area contributed by atoms with Crippen LogP contribution in [0.4, 0.5) is 5.82 Å². The molecule has 1 aliphatic rings. The largest absolute Gasteiger partial charge is 0.490 e. The fourth-order valence-corrected chi connectivity index (χ4v) is 3.71. The fourth-order valence-electron chi connectivity index (χ4n) is 3.12. The molecule has 9 nitrogen and oxygen atoms in total. The van der Waals surface area contributed by atoms with Crippen LogP contribution >= 0.6 is 11.8 Å². The molecule has 0 bridgehead atoms. The number of aromatic nitrogens is 2. The number of ether oxygens (including phenoxy) is 2. The van der Waals surface area contributed by atoms with Crippen LogP contribution in [-0.4, -0.2) is 40.7 Å². The lowest BCUT2D eigenvalue weighted by atomic mass is 9.86. The van der Waals surface area contributed by atoms with Crippen LogP contribution in [0.25, 0.3) is 0 Å². The number of amides is 2. The van der Waals surface area contributed by atoms with Gasteiger partial charge in [-0.1, -0.05) is 24.8 Å². The highest BCUT2D eigenvalue weighted by molar-refractivity contribution is 7.99. The summed E-state index contributed by atoms with van der Waals surface area (Å²) in [7, 11) is 0. The molecular formula is C19H22N4O5S. The Labute approximate surface area is 171 Å². The number of hydrogen-bond acceptors (Lipinski definition) is 7. The van der Waals surface area contributed by atoms with Crippen molar-refractivity contribution in [1.82, 2.24) is 9.97 Å². The monoisotopic (exact) mass is 418 g/mol. The van der Waals surface area contributed by atoms with Crippen molar-refractivity contribution in [3.63, 3.8) is 0 Å². The van der Waals surface area contributed by atoms with Crippen LogP contribution in [0.2, 0.25) is 0 Å². The molecule has 2 amide bonds. The van der Waals surface area contributed by atoms with E-state index in [1.165, 1.54) is 11.8 Å². The number of nitrogens with two attached hydrogens (primary N) is 1. The summed E-state index contributed by atoms with van der Waals surface area (Å²) in [5.41, 5.74) is 5.95. The van der Waals surface area contributed by atoms with Crippen LogP contribution in [0.15, 0.2) is 28.2 Å². The highest BCUT2D eigenvalue weighted by Gasteiger charge is 2.31. The van der Waals surface area contributed by atoms with Crippen molar-refractivity contribution in [2.75, 3.05) is 24.3 Å². The zero-order valence-electron chi connectivity index (χ0n) is 16.1. The van der Waals surface area contributed by atoms with Gasteiger partial charge in [0.1, 0.15) is 5.82 Å². The maximum Gasteiger partial charge on any atom is 0.257 e. The fraction of sp³-hybridized carbons (Fsp3) is 0.368. The van der Waals surface area contributed by atoms with Gasteiger partial charge in [0.2, 0.25) is 5.91 Å². The van der Waals surface area contributed by atoms with Gasteiger partial charge in [-0.15, -0.1) is 0 Å². The summed E-state index contributed by atoms with van der Waals surface area (Å²) in [6.07, 6.45) is 0.102. The van der Waals surface area contributed by atoms with Gasteiger partial charge in [0.05, 0.1) is 12.2 Å². The molecule has 0 saturated heterocycles. The van der Waals surface area contributed by atoms with Crippen molar-refractivity contribution in [3.05, 3.63) is 39.7 Å². The molecule has 3 rings (SSSR count). The van der Waals surface area contributed by atoms with Gasteiger partial charge in [-0.05, 0) is 30.4 Å². The van der Waals surface area contributed by atoms with E-state index >= 15 is 0 Å². The van der Waals surface area contributed by atoms with Crippen LogP contribution in [0.3, 0.4) is 0 Å². The lowest BCUT2D eigenvalue weighted by Gasteiger charge is -2.25. The number of hydrogen-bond donors (Lipinski definition) is 3. The maximum atomic E-state index is 12.7. The van der Waals surface area contributed by atoms with Crippen molar-refractivity contribution in [3.8, 4) is 11.5 Å². The Morgan fingerprint density at radius 2 is 2.07 bits per heavy atom. The second-order valence-corrected chi connectivity index (χ2v) is 7.52. The SMILES string of the molecule is CCOc1cc([C@H]2CC(=O)Nc3nc(SCC)[nH]c(=O)c32)ccc1OCC(N)=O. The molecule has 0 unspecified atom stereocenters. The molecule has 0 aliphatic carbocycles. The lowest BCUT2D eigenvalue weighted by molar-refractivity contribution is -0.120. The molecule has 154 valence electrons. The van der Waals surface area contributed by atoms with E-state index in [1.807, 2.05) is 13.8 Å². The van der Waals surface area contributed by atoms with Crippen molar-refractivity contribution < 1.29 is 19.1 Å². The van der Waals surface area contributed by atoms with Gasteiger partial charge in [0, 0.05) is 12.3 Å². The standard InChI is InChI=1S/C19H22N4O5S/c1-3-27-13-7-10(5-6-12(13)28-9-14(20)24)11-8-15(25)21-17-16(11)18(26)23-19(22-17)29-4-2/h5-7,11H,3-4,8-9H2,1-2H3,(H2,20,24)(H2,21,22,23,25,26)/t11-/m1/s1. The molecule has 0 spiro atoms. The number of rotatable bonds is 8. The molecule has 4 N–H and O–H groups in total. The summed E-state index contributed by atoms with van der Waals surface area (Å²) < 4.78 is 11.0. The van der Waals surface area contributed by atoms with E-state index in [2.05, 4.69) is 15.3 Å². The minimum absolute atomic E-state index is 0.102. The minimum Gasteiger partial charge on any atom is -0.490 e. The Kier molecular flexibility index (Phi) is 6.42. The lowest BCUT2D eigenvalue weighted by Crippen LogP contribution is -2.31. The highest BCUT2D eigenvalue weighted by atomic mass is 32.2. The van der Waals surface area contributed by atoms with Gasteiger partial charge in [-0.3, -0.25) is 14.4 Å². The first-order valence-corrected chi connectivity index (χ1v) is 10.2. The van der Waals surface area contributed by atoms with Crippen LogP contribution in [-0.2, 0) is 9.59 Å². The smallest absolute Gasteiger partial charge is 0.257 e. The molecule has 1 atom stereocenters. The molecule has 2 aromatic rings. The number of nitrogens with one attached hydrogen (secondary N) is 2. The molecule has 0 radical (unpaired) electrons. The van der Waals surface area contributed by atoms with Crippen LogP contribution in [0, 0.1) is 0 Å². The van der Waals surface area contributed by atoms with Crippen molar-refractivity contribution >= 4 is 29.4 Å². The van der Waals surface area contributed by atoms with Gasteiger partial charge in [-0.2, -0.15) is 0 Å². The third-order valence-electron chi connectivity index (χ3n) is 4.25. The van der Waals surface area contributed by atoms with Crippen molar-refractivity contribution in [2.24, 2.45) is 5.73 Å². The molecule has 10 heteroatoms. The predicted molar refractivity (Wildman–Crippen MR) is 109 cm³/mol. The van der Waals surface area contributed by atoms with E-state index in [4.69, 9.17) is 15.2 Å². The third kappa shape index (κ3) is 4.70. The van der Waals surface area contributed by atoms with Gasteiger partial charge in [0.15, 0.2) is 23.3 Å². The van der Waals surface area contributed by atoms with E-state index < -0.39 is 11.8 Å². The number of carbonyl (C=O) groups is 2. The Balaban J connectivity index is 2.02. The number of H-pyrrole nitrogens is 1. The summed E-state index contributed by atoms with van der Waals surface area (Å²) in [6, 6.07) is 5.08. The normalized spacial score (nSPS) is 15.4. The Morgan fingerprint density at radius 3 is 2.76 bits per heavy atom. The quantitative estimate of drug-likeness (QED) is 0.438. The van der Waals surface area contributed by atoms with Gasteiger partial charge >= 0.3 is 0 Å². The number of aromatic amines is 1. The Hall–Kier alpha value is -3.01. The second kappa shape index (κ2) is 8.99. The third-order valence-corrected chi connectivity index (χ3v) is 5.01. The first-order valence-electron chi connectivity index (χ1n) is 9.17. The molecule has 0 saturated carbocycles. The molecule has 2 heterocycles. The zero-order chi connectivity index (χ0) is 21.0.